The van der Waals surface area contributed by atoms with Crippen LogP contribution in [-0.2, 0) is 0 Å². The Bertz CT molecular complexity index is 1210. The van der Waals surface area contributed by atoms with E-state index in [0.29, 0.717) is 34.9 Å². The van der Waals surface area contributed by atoms with Gasteiger partial charge in [-0.3, -0.25) is 14.7 Å². The van der Waals surface area contributed by atoms with Crippen LogP contribution in [0.5, 0.6) is 0 Å². The number of amidine groups is 1. The summed E-state index contributed by atoms with van der Waals surface area (Å²) in [5.74, 6) is 2.62. The standard InChI is InChI=1S/C21H26N10O/c1-12(2)9-15-19-29-28-18-11-13(10-17(31(18)19)27-21(32)30(15)4)14-6-8-24-20(25-14)26-16(23-3)5-7-22/h5-8,10-12,15H,9,22H2,1-4H3,(H,27,32)(H,23,24,25,26)/t15-/m1/s1. The molecule has 0 radical (unpaired) electrons. The van der Waals surface area contributed by atoms with Gasteiger partial charge in [0.25, 0.3) is 0 Å². The molecule has 0 unspecified atom stereocenters. The van der Waals surface area contributed by atoms with E-state index in [-0.39, 0.29) is 12.1 Å². The summed E-state index contributed by atoms with van der Waals surface area (Å²) in [6.07, 6.45) is 5.43. The van der Waals surface area contributed by atoms with Crippen molar-refractivity contribution in [3.63, 3.8) is 0 Å². The van der Waals surface area contributed by atoms with Crippen LogP contribution in [0, 0.1) is 5.92 Å². The number of nitrogens with zero attached hydrogens (tertiary/aromatic N) is 7. The summed E-state index contributed by atoms with van der Waals surface area (Å²) in [6, 6.07) is 5.18. The molecule has 0 aromatic carbocycles. The molecule has 4 heterocycles. The Kier molecular flexibility index (Phi) is 5.71. The number of amides is 2. The van der Waals surface area contributed by atoms with E-state index in [1.807, 2.05) is 16.5 Å². The van der Waals surface area contributed by atoms with Gasteiger partial charge in [-0.25, -0.2) is 14.8 Å². The predicted molar refractivity (Wildman–Crippen MR) is 123 cm³/mol. The fourth-order valence-electron chi connectivity index (χ4n) is 3.68. The van der Waals surface area contributed by atoms with Crippen LogP contribution in [0.25, 0.3) is 16.9 Å². The number of urea groups is 1. The minimum absolute atomic E-state index is 0.172. The molecule has 0 aliphatic carbocycles. The molecule has 4 N–H and O–H groups in total. The lowest BCUT2D eigenvalue weighted by molar-refractivity contribution is 0.193. The molecule has 3 aromatic rings. The first-order valence-electron chi connectivity index (χ1n) is 10.3. The van der Waals surface area contributed by atoms with Gasteiger partial charge in [0, 0.05) is 25.9 Å². The maximum absolute atomic E-state index is 12.8. The zero-order valence-electron chi connectivity index (χ0n) is 18.4. The molecule has 32 heavy (non-hydrogen) atoms. The largest absolute Gasteiger partial charge is 0.404 e. The Hall–Kier alpha value is -4.02. The van der Waals surface area contributed by atoms with Gasteiger partial charge >= 0.3 is 6.03 Å². The maximum atomic E-state index is 12.8. The van der Waals surface area contributed by atoms with E-state index in [1.54, 1.807) is 37.3 Å². The molecular weight excluding hydrogens is 408 g/mol. The van der Waals surface area contributed by atoms with Crippen molar-refractivity contribution in [1.82, 2.24) is 29.5 Å². The number of hydrogen-bond acceptors (Lipinski definition) is 7. The number of aromatic nitrogens is 5. The maximum Gasteiger partial charge on any atom is 0.323 e. The minimum Gasteiger partial charge on any atom is -0.404 e. The van der Waals surface area contributed by atoms with E-state index >= 15 is 0 Å². The lowest BCUT2D eigenvalue weighted by Gasteiger charge is -2.25. The summed E-state index contributed by atoms with van der Waals surface area (Å²) in [5.41, 5.74) is 7.50. The molecule has 1 atom stereocenters. The molecule has 1 aliphatic heterocycles. The number of carbonyl (C=O) groups is 1. The van der Waals surface area contributed by atoms with Gasteiger partial charge in [-0.2, -0.15) is 0 Å². The van der Waals surface area contributed by atoms with Gasteiger partial charge in [-0.15, -0.1) is 10.2 Å². The Labute approximate surface area is 185 Å². The third kappa shape index (κ3) is 3.96. The molecule has 2 amide bonds. The second kappa shape index (κ2) is 8.61. The van der Waals surface area contributed by atoms with Gasteiger partial charge in [-0.1, -0.05) is 13.8 Å². The van der Waals surface area contributed by atoms with Crippen molar-refractivity contribution in [2.45, 2.75) is 26.3 Å². The first-order chi connectivity index (χ1) is 15.4. The molecule has 11 nitrogen and oxygen atoms in total. The van der Waals surface area contributed by atoms with Crippen molar-refractivity contribution in [2.24, 2.45) is 16.6 Å². The smallest absolute Gasteiger partial charge is 0.323 e. The molecule has 0 bridgehead atoms. The van der Waals surface area contributed by atoms with Crippen LogP contribution < -0.4 is 16.4 Å². The number of aliphatic imine (C=N–C) groups is 1. The summed E-state index contributed by atoms with van der Waals surface area (Å²) in [5, 5.41) is 14.8. The molecule has 4 rings (SSSR count). The summed E-state index contributed by atoms with van der Waals surface area (Å²) >= 11 is 0. The van der Waals surface area contributed by atoms with Gasteiger partial charge in [0.15, 0.2) is 11.5 Å². The fraction of sp³-hybridized carbons (Fsp3) is 0.333. The highest BCUT2D eigenvalue weighted by atomic mass is 16.2. The number of rotatable bonds is 5. The van der Waals surface area contributed by atoms with Crippen molar-refractivity contribution in [3.05, 3.63) is 42.5 Å². The highest BCUT2D eigenvalue weighted by molar-refractivity contribution is 6.02. The van der Waals surface area contributed by atoms with Gasteiger partial charge in [0.05, 0.1) is 11.7 Å². The molecule has 1 aliphatic rings. The number of pyridine rings is 1. The molecule has 3 aromatic heterocycles. The number of nitrogens with two attached hydrogens (primary N) is 1. The van der Waals surface area contributed by atoms with Crippen molar-refractivity contribution < 1.29 is 4.79 Å². The number of hydrogen-bond donors (Lipinski definition) is 3. The van der Waals surface area contributed by atoms with E-state index in [1.165, 1.54) is 6.20 Å². The van der Waals surface area contributed by atoms with E-state index in [9.17, 15) is 4.79 Å². The van der Waals surface area contributed by atoms with Crippen molar-refractivity contribution in [3.8, 4) is 11.3 Å². The lowest BCUT2D eigenvalue weighted by Crippen LogP contribution is -2.34. The summed E-state index contributed by atoms with van der Waals surface area (Å²) < 4.78 is 1.90. The highest BCUT2D eigenvalue weighted by Gasteiger charge is 2.31. The predicted octanol–water partition coefficient (Wildman–Crippen LogP) is 2.66. The Morgan fingerprint density at radius 1 is 1.38 bits per heavy atom. The van der Waals surface area contributed by atoms with E-state index in [2.05, 4.69) is 49.6 Å². The fourth-order valence-corrected chi connectivity index (χ4v) is 3.68. The summed E-state index contributed by atoms with van der Waals surface area (Å²) in [7, 11) is 3.42. The average molecular weight is 435 g/mol. The third-order valence-electron chi connectivity index (χ3n) is 5.23. The molecule has 0 fully saturated rings. The van der Waals surface area contributed by atoms with Gasteiger partial charge < -0.3 is 16.0 Å². The van der Waals surface area contributed by atoms with Crippen LogP contribution in [-0.4, -0.2) is 55.4 Å². The van der Waals surface area contributed by atoms with Crippen LogP contribution in [0.2, 0.25) is 0 Å². The van der Waals surface area contributed by atoms with Crippen LogP contribution in [0.3, 0.4) is 0 Å². The summed E-state index contributed by atoms with van der Waals surface area (Å²) in [4.78, 5) is 27.4. The first kappa shape index (κ1) is 21.2. The van der Waals surface area contributed by atoms with Crippen molar-refractivity contribution in [1.29, 1.82) is 0 Å². The second-order valence-corrected chi connectivity index (χ2v) is 7.93. The van der Waals surface area contributed by atoms with Gasteiger partial charge in [-0.05, 0) is 42.8 Å². The van der Waals surface area contributed by atoms with Crippen LogP contribution in [0.15, 0.2) is 41.7 Å². The Morgan fingerprint density at radius 2 is 2.19 bits per heavy atom. The summed E-state index contributed by atoms with van der Waals surface area (Å²) in [6.45, 7) is 4.25. The van der Waals surface area contributed by atoms with Gasteiger partial charge in [0.1, 0.15) is 11.7 Å². The lowest BCUT2D eigenvalue weighted by atomic mass is 10.0. The quantitative estimate of drug-likeness (QED) is 0.414. The zero-order chi connectivity index (χ0) is 22.8. The van der Waals surface area contributed by atoms with E-state index < -0.39 is 0 Å². The number of nitrogens with one attached hydrogen (secondary N) is 2. The molecule has 11 heteroatoms. The van der Waals surface area contributed by atoms with Crippen molar-refractivity contribution in [2.75, 3.05) is 24.7 Å². The first-order valence-corrected chi connectivity index (χ1v) is 10.3. The van der Waals surface area contributed by atoms with Crippen LogP contribution in [0.1, 0.15) is 32.1 Å². The second-order valence-electron chi connectivity index (χ2n) is 7.93. The monoisotopic (exact) mass is 434 g/mol. The van der Waals surface area contributed by atoms with Crippen molar-refractivity contribution >= 4 is 29.3 Å². The molecule has 166 valence electrons. The van der Waals surface area contributed by atoms with E-state index in [0.717, 1.165) is 17.8 Å². The minimum atomic E-state index is -0.193. The normalized spacial score (nSPS) is 16.7. The Balaban J connectivity index is 1.77. The topological polar surface area (TPSA) is 139 Å². The van der Waals surface area contributed by atoms with Crippen LogP contribution >= 0.6 is 0 Å². The molecular formula is C21H26N10O. The zero-order valence-corrected chi connectivity index (χ0v) is 18.4. The van der Waals surface area contributed by atoms with E-state index in [4.69, 9.17) is 5.73 Å². The SMILES string of the molecule is CN=C(C=CN)Nc1nccc(-c2cc3n4c(nnc4c2)[C@@H](CC(C)C)N(C)C(=O)N3)n1. The number of anilines is 2. The third-order valence-corrected chi connectivity index (χ3v) is 5.23. The Morgan fingerprint density at radius 3 is 2.91 bits per heavy atom. The van der Waals surface area contributed by atoms with Crippen LogP contribution in [0.4, 0.5) is 16.6 Å². The highest BCUT2D eigenvalue weighted by Crippen LogP contribution is 2.33. The molecule has 0 saturated carbocycles. The average Bonchev–Trinajstić information content (AvgIpc) is 3.17. The van der Waals surface area contributed by atoms with Gasteiger partial charge in [0.2, 0.25) is 5.95 Å². The molecule has 0 spiro atoms. The number of carbonyl (C=O) groups excluding carboxylic acids is 1. The molecule has 0 saturated heterocycles.